The number of benzene rings is 1. The standard InChI is InChI=1S/C14H14FN3O2/c1-10(12-3-2-6-16-9-12)17-8-11-4-5-14(18(19)20)13(15)7-11/h2-7,9-10,17H,8H2,1H3. The highest BCUT2D eigenvalue weighted by Crippen LogP contribution is 2.18. The number of halogens is 1. The highest BCUT2D eigenvalue weighted by atomic mass is 19.1. The average Bonchev–Trinajstić information content (AvgIpc) is 2.45. The monoisotopic (exact) mass is 275 g/mol. The predicted octanol–water partition coefficient (Wildman–Crippen LogP) is 2.98. The lowest BCUT2D eigenvalue weighted by Crippen LogP contribution is -2.18. The molecule has 0 fully saturated rings. The Morgan fingerprint density at radius 1 is 1.45 bits per heavy atom. The summed E-state index contributed by atoms with van der Waals surface area (Å²) in [6.07, 6.45) is 3.45. The molecule has 2 aromatic rings. The fourth-order valence-electron chi connectivity index (χ4n) is 1.83. The summed E-state index contributed by atoms with van der Waals surface area (Å²) < 4.78 is 13.5. The molecule has 1 heterocycles. The minimum Gasteiger partial charge on any atom is -0.306 e. The minimum atomic E-state index is -0.816. The Morgan fingerprint density at radius 3 is 2.85 bits per heavy atom. The van der Waals surface area contributed by atoms with Crippen molar-refractivity contribution in [2.24, 2.45) is 0 Å². The molecule has 0 amide bonds. The summed E-state index contributed by atoms with van der Waals surface area (Å²) in [5, 5.41) is 13.7. The summed E-state index contributed by atoms with van der Waals surface area (Å²) in [6.45, 7) is 2.39. The van der Waals surface area contributed by atoms with Crippen LogP contribution in [-0.2, 0) is 6.54 Å². The molecule has 0 saturated carbocycles. The Morgan fingerprint density at radius 2 is 2.25 bits per heavy atom. The fourth-order valence-corrected chi connectivity index (χ4v) is 1.83. The molecule has 0 bridgehead atoms. The zero-order valence-electron chi connectivity index (χ0n) is 10.9. The van der Waals surface area contributed by atoms with E-state index in [1.165, 1.54) is 12.1 Å². The van der Waals surface area contributed by atoms with E-state index in [4.69, 9.17) is 0 Å². The Labute approximate surface area is 115 Å². The van der Waals surface area contributed by atoms with Crippen molar-refractivity contribution in [2.45, 2.75) is 19.5 Å². The van der Waals surface area contributed by atoms with E-state index in [1.54, 1.807) is 18.5 Å². The van der Waals surface area contributed by atoms with Gasteiger partial charge >= 0.3 is 5.69 Å². The maximum Gasteiger partial charge on any atom is 0.304 e. The van der Waals surface area contributed by atoms with E-state index in [-0.39, 0.29) is 6.04 Å². The van der Waals surface area contributed by atoms with E-state index in [1.807, 2.05) is 19.1 Å². The molecule has 0 saturated heterocycles. The molecule has 20 heavy (non-hydrogen) atoms. The van der Waals surface area contributed by atoms with Crippen LogP contribution in [0, 0.1) is 15.9 Å². The van der Waals surface area contributed by atoms with Gasteiger partial charge in [0.25, 0.3) is 0 Å². The molecule has 6 heteroatoms. The van der Waals surface area contributed by atoms with Gasteiger partial charge in [-0.25, -0.2) is 0 Å². The van der Waals surface area contributed by atoms with Crippen molar-refractivity contribution in [2.75, 3.05) is 0 Å². The highest BCUT2D eigenvalue weighted by Gasteiger charge is 2.14. The number of nitrogens with one attached hydrogen (secondary N) is 1. The van der Waals surface area contributed by atoms with Crippen LogP contribution in [0.15, 0.2) is 42.7 Å². The van der Waals surface area contributed by atoms with E-state index in [0.717, 1.165) is 5.56 Å². The largest absolute Gasteiger partial charge is 0.306 e. The number of nitrogens with zero attached hydrogens (tertiary/aromatic N) is 2. The number of nitro benzene ring substituents is 1. The molecular formula is C14H14FN3O2. The smallest absolute Gasteiger partial charge is 0.304 e. The van der Waals surface area contributed by atoms with Gasteiger partial charge in [0.1, 0.15) is 0 Å². The summed E-state index contributed by atoms with van der Waals surface area (Å²) in [6, 6.07) is 7.76. The van der Waals surface area contributed by atoms with Gasteiger partial charge in [0.15, 0.2) is 0 Å². The maximum atomic E-state index is 13.5. The minimum absolute atomic E-state index is 0.0574. The number of pyridine rings is 1. The van der Waals surface area contributed by atoms with Crippen LogP contribution in [0.25, 0.3) is 0 Å². The second-order valence-electron chi connectivity index (χ2n) is 4.43. The third-order valence-corrected chi connectivity index (χ3v) is 3.01. The first-order valence-electron chi connectivity index (χ1n) is 6.14. The van der Waals surface area contributed by atoms with Gasteiger partial charge in [-0.05, 0) is 30.2 Å². The van der Waals surface area contributed by atoms with Crippen LogP contribution in [0.3, 0.4) is 0 Å². The Balaban J connectivity index is 2.01. The molecule has 1 unspecified atom stereocenters. The lowest BCUT2D eigenvalue weighted by atomic mass is 10.1. The van der Waals surface area contributed by atoms with Gasteiger partial charge in [-0.1, -0.05) is 12.1 Å². The van der Waals surface area contributed by atoms with Crippen molar-refractivity contribution in [3.63, 3.8) is 0 Å². The van der Waals surface area contributed by atoms with Crippen LogP contribution in [-0.4, -0.2) is 9.91 Å². The number of nitro groups is 1. The molecular weight excluding hydrogens is 261 g/mol. The third-order valence-electron chi connectivity index (χ3n) is 3.01. The highest BCUT2D eigenvalue weighted by molar-refractivity contribution is 5.35. The predicted molar refractivity (Wildman–Crippen MR) is 72.5 cm³/mol. The Kier molecular flexibility index (Phi) is 4.37. The maximum absolute atomic E-state index is 13.5. The number of aromatic nitrogens is 1. The van der Waals surface area contributed by atoms with E-state index < -0.39 is 16.4 Å². The number of hydrogen-bond donors (Lipinski definition) is 1. The van der Waals surface area contributed by atoms with Crippen molar-refractivity contribution in [1.29, 1.82) is 0 Å². The first kappa shape index (κ1) is 14.1. The summed E-state index contributed by atoms with van der Waals surface area (Å²) >= 11 is 0. The lowest BCUT2D eigenvalue weighted by Gasteiger charge is -2.13. The topological polar surface area (TPSA) is 68.1 Å². The normalized spacial score (nSPS) is 12.1. The average molecular weight is 275 g/mol. The van der Waals surface area contributed by atoms with Crippen LogP contribution >= 0.6 is 0 Å². The van der Waals surface area contributed by atoms with Crippen LogP contribution in [0.1, 0.15) is 24.1 Å². The molecule has 104 valence electrons. The second-order valence-corrected chi connectivity index (χ2v) is 4.43. The zero-order valence-corrected chi connectivity index (χ0v) is 10.9. The molecule has 5 nitrogen and oxygen atoms in total. The van der Waals surface area contributed by atoms with E-state index in [2.05, 4.69) is 10.3 Å². The summed E-state index contributed by atoms with van der Waals surface area (Å²) in [7, 11) is 0. The molecule has 0 aliphatic rings. The molecule has 0 aliphatic heterocycles. The van der Waals surface area contributed by atoms with Crippen LogP contribution in [0.2, 0.25) is 0 Å². The van der Waals surface area contributed by atoms with Gasteiger partial charge in [0, 0.05) is 31.0 Å². The molecule has 2 rings (SSSR count). The van der Waals surface area contributed by atoms with Gasteiger partial charge < -0.3 is 5.32 Å². The Hall–Kier alpha value is -2.34. The molecule has 1 aromatic carbocycles. The molecule has 0 radical (unpaired) electrons. The summed E-state index contributed by atoms with van der Waals surface area (Å²) in [5.41, 5.74) is 1.17. The van der Waals surface area contributed by atoms with Crippen molar-refractivity contribution in [3.05, 3.63) is 69.8 Å². The van der Waals surface area contributed by atoms with Crippen molar-refractivity contribution in [1.82, 2.24) is 10.3 Å². The Bertz CT molecular complexity index is 605. The van der Waals surface area contributed by atoms with Crippen LogP contribution in [0.5, 0.6) is 0 Å². The van der Waals surface area contributed by atoms with Gasteiger partial charge in [-0.15, -0.1) is 0 Å². The van der Waals surface area contributed by atoms with E-state index in [0.29, 0.717) is 12.1 Å². The van der Waals surface area contributed by atoms with Crippen molar-refractivity contribution in [3.8, 4) is 0 Å². The molecule has 0 aliphatic carbocycles. The van der Waals surface area contributed by atoms with Crippen LogP contribution < -0.4 is 5.32 Å². The fraction of sp³-hybridized carbons (Fsp3) is 0.214. The molecule has 1 N–H and O–H groups in total. The first-order valence-corrected chi connectivity index (χ1v) is 6.14. The number of rotatable bonds is 5. The summed E-state index contributed by atoms with van der Waals surface area (Å²) in [4.78, 5) is 13.8. The van der Waals surface area contributed by atoms with E-state index >= 15 is 0 Å². The van der Waals surface area contributed by atoms with Crippen molar-refractivity contribution < 1.29 is 9.31 Å². The van der Waals surface area contributed by atoms with Gasteiger partial charge in [0.05, 0.1) is 4.92 Å². The quantitative estimate of drug-likeness (QED) is 0.672. The van der Waals surface area contributed by atoms with Crippen LogP contribution in [0.4, 0.5) is 10.1 Å². The molecule has 1 aromatic heterocycles. The van der Waals surface area contributed by atoms with Gasteiger partial charge in [-0.3, -0.25) is 15.1 Å². The van der Waals surface area contributed by atoms with Crippen molar-refractivity contribution >= 4 is 5.69 Å². The second kappa shape index (κ2) is 6.21. The number of hydrogen-bond acceptors (Lipinski definition) is 4. The third kappa shape index (κ3) is 3.36. The first-order chi connectivity index (χ1) is 9.58. The molecule has 0 spiro atoms. The van der Waals surface area contributed by atoms with E-state index in [9.17, 15) is 14.5 Å². The van der Waals surface area contributed by atoms with Gasteiger partial charge in [0.2, 0.25) is 5.82 Å². The van der Waals surface area contributed by atoms with Gasteiger partial charge in [-0.2, -0.15) is 4.39 Å². The zero-order chi connectivity index (χ0) is 14.5. The SMILES string of the molecule is CC(NCc1ccc([N+](=O)[O-])c(F)c1)c1cccnc1. The summed E-state index contributed by atoms with van der Waals surface area (Å²) in [5.74, 6) is -0.816. The lowest BCUT2D eigenvalue weighted by molar-refractivity contribution is -0.387. The molecule has 1 atom stereocenters.